The van der Waals surface area contributed by atoms with Gasteiger partial charge in [-0.15, -0.1) is 0 Å². The number of hydrazine groups is 1. The van der Waals surface area contributed by atoms with Gasteiger partial charge in [-0.1, -0.05) is 29.3 Å². The van der Waals surface area contributed by atoms with Gasteiger partial charge < -0.3 is 5.32 Å². The normalized spacial score (nSPS) is 9.92. The van der Waals surface area contributed by atoms with Crippen molar-refractivity contribution in [2.75, 3.05) is 5.32 Å². The van der Waals surface area contributed by atoms with E-state index in [9.17, 15) is 19.7 Å². The summed E-state index contributed by atoms with van der Waals surface area (Å²) in [5, 5.41) is 13.6. The van der Waals surface area contributed by atoms with Crippen molar-refractivity contribution in [3.05, 3.63) is 68.2 Å². The molecule has 0 atom stereocenters. The molecule has 2 rings (SSSR count). The van der Waals surface area contributed by atoms with Crippen LogP contribution in [0.4, 0.5) is 16.2 Å². The first-order valence-corrected chi connectivity index (χ1v) is 7.19. The molecule has 0 aliphatic carbocycles. The van der Waals surface area contributed by atoms with Crippen LogP contribution in [-0.2, 0) is 0 Å². The van der Waals surface area contributed by atoms with Crippen LogP contribution < -0.4 is 16.2 Å². The summed E-state index contributed by atoms with van der Waals surface area (Å²) in [5.74, 6) is -0.740. The number of nitrogens with one attached hydrogen (secondary N) is 3. The van der Waals surface area contributed by atoms with Crippen LogP contribution in [0.15, 0.2) is 42.5 Å². The first kappa shape index (κ1) is 17.5. The first-order valence-electron chi connectivity index (χ1n) is 6.43. The SMILES string of the molecule is O=C(NNC(=O)c1ccc(Cl)c([N+](=O)[O-])c1)Nc1cccc(Cl)c1. The fraction of sp³-hybridized carbons (Fsp3) is 0. The molecule has 0 spiro atoms. The smallest absolute Gasteiger partial charge is 0.307 e. The lowest BCUT2D eigenvalue weighted by Crippen LogP contribution is -2.43. The molecule has 0 aliphatic rings. The Labute approximate surface area is 145 Å². The van der Waals surface area contributed by atoms with Gasteiger partial charge in [0.05, 0.1) is 4.92 Å². The molecule has 2 aromatic carbocycles. The minimum absolute atomic E-state index is 0.0332. The molecule has 0 aliphatic heterocycles. The van der Waals surface area contributed by atoms with Gasteiger partial charge in [0.2, 0.25) is 0 Å². The molecule has 124 valence electrons. The number of hydrogen-bond donors (Lipinski definition) is 3. The molecule has 3 N–H and O–H groups in total. The van der Waals surface area contributed by atoms with Crippen LogP contribution in [0.2, 0.25) is 10.0 Å². The van der Waals surface area contributed by atoms with Crippen LogP contribution in [0.3, 0.4) is 0 Å². The van der Waals surface area contributed by atoms with Gasteiger partial charge in [0.15, 0.2) is 0 Å². The number of benzene rings is 2. The molecule has 0 saturated heterocycles. The Bertz CT molecular complexity index is 813. The van der Waals surface area contributed by atoms with Crippen LogP contribution >= 0.6 is 23.2 Å². The molecule has 0 heterocycles. The van der Waals surface area contributed by atoms with E-state index in [1.54, 1.807) is 18.2 Å². The summed E-state index contributed by atoms with van der Waals surface area (Å²) in [6.45, 7) is 0. The number of urea groups is 1. The Balaban J connectivity index is 1.96. The van der Waals surface area contributed by atoms with Crippen molar-refractivity contribution in [3.63, 3.8) is 0 Å². The van der Waals surface area contributed by atoms with Gasteiger partial charge in [0.25, 0.3) is 11.6 Å². The van der Waals surface area contributed by atoms with Gasteiger partial charge in [0.1, 0.15) is 5.02 Å². The summed E-state index contributed by atoms with van der Waals surface area (Å²) in [6.07, 6.45) is 0. The van der Waals surface area contributed by atoms with Gasteiger partial charge in [-0.2, -0.15) is 0 Å². The topological polar surface area (TPSA) is 113 Å². The third-order valence-electron chi connectivity index (χ3n) is 2.78. The summed E-state index contributed by atoms with van der Waals surface area (Å²) >= 11 is 11.4. The Morgan fingerprint density at radius 2 is 1.79 bits per heavy atom. The van der Waals surface area contributed by atoms with Crippen molar-refractivity contribution >= 4 is 46.5 Å². The molecule has 8 nitrogen and oxygen atoms in total. The van der Waals surface area contributed by atoms with Gasteiger partial charge in [0, 0.05) is 22.3 Å². The summed E-state index contributed by atoms with van der Waals surface area (Å²) in [4.78, 5) is 33.7. The van der Waals surface area contributed by atoms with E-state index in [0.717, 1.165) is 6.07 Å². The predicted octanol–water partition coefficient (Wildman–Crippen LogP) is 3.37. The van der Waals surface area contributed by atoms with E-state index in [-0.39, 0.29) is 10.6 Å². The van der Waals surface area contributed by atoms with Crippen molar-refractivity contribution in [1.29, 1.82) is 0 Å². The number of nitro groups is 1. The number of hydrogen-bond acceptors (Lipinski definition) is 4. The molecule has 0 fully saturated rings. The standard InChI is InChI=1S/C14H10Cl2N4O4/c15-9-2-1-3-10(7-9)17-14(22)19-18-13(21)8-4-5-11(16)12(6-8)20(23)24/h1-7H,(H,18,21)(H2,17,19,22). The van der Waals surface area contributed by atoms with E-state index in [1.165, 1.54) is 18.2 Å². The number of anilines is 1. The zero-order valence-corrected chi connectivity index (χ0v) is 13.4. The highest BCUT2D eigenvalue weighted by Crippen LogP contribution is 2.24. The number of carbonyl (C=O) groups excluding carboxylic acids is 2. The zero-order chi connectivity index (χ0) is 17.7. The van der Waals surface area contributed by atoms with E-state index in [0.29, 0.717) is 10.7 Å². The van der Waals surface area contributed by atoms with Crippen LogP contribution in [0, 0.1) is 10.1 Å². The maximum absolute atomic E-state index is 11.9. The second kappa shape index (κ2) is 7.62. The lowest BCUT2D eigenvalue weighted by Gasteiger charge is -2.09. The summed E-state index contributed by atoms with van der Waals surface area (Å²) in [5.41, 5.74) is 4.22. The Morgan fingerprint density at radius 1 is 1.04 bits per heavy atom. The highest BCUT2D eigenvalue weighted by Gasteiger charge is 2.16. The van der Waals surface area contributed by atoms with E-state index < -0.39 is 22.5 Å². The van der Waals surface area contributed by atoms with Crippen LogP contribution in [0.5, 0.6) is 0 Å². The molecule has 2 aromatic rings. The van der Waals surface area contributed by atoms with Crippen LogP contribution in [0.25, 0.3) is 0 Å². The van der Waals surface area contributed by atoms with Crippen molar-refractivity contribution in [2.45, 2.75) is 0 Å². The molecule has 24 heavy (non-hydrogen) atoms. The van der Waals surface area contributed by atoms with Gasteiger partial charge in [-0.25, -0.2) is 10.2 Å². The van der Waals surface area contributed by atoms with Crippen molar-refractivity contribution in [3.8, 4) is 0 Å². The monoisotopic (exact) mass is 368 g/mol. The number of halogens is 2. The van der Waals surface area contributed by atoms with E-state index in [1.807, 2.05) is 0 Å². The minimum Gasteiger partial charge on any atom is -0.307 e. The number of carbonyl (C=O) groups is 2. The highest BCUT2D eigenvalue weighted by atomic mass is 35.5. The first-order chi connectivity index (χ1) is 11.4. The Morgan fingerprint density at radius 3 is 2.46 bits per heavy atom. The molecule has 0 saturated carbocycles. The number of nitrogens with zero attached hydrogens (tertiary/aromatic N) is 1. The Hall–Kier alpha value is -2.84. The van der Waals surface area contributed by atoms with E-state index >= 15 is 0 Å². The molecule has 0 radical (unpaired) electrons. The fourth-order valence-corrected chi connectivity index (χ4v) is 2.08. The molecule has 3 amide bonds. The lowest BCUT2D eigenvalue weighted by molar-refractivity contribution is -0.384. The third-order valence-corrected chi connectivity index (χ3v) is 3.33. The molecule has 10 heteroatoms. The minimum atomic E-state index is -0.740. The second-order valence-corrected chi connectivity index (χ2v) is 5.31. The molecular formula is C14H10Cl2N4O4. The number of rotatable bonds is 3. The van der Waals surface area contributed by atoms with Gasteiger partial charge in [-0.3, -0.25) is 20.3 Å². The number of nitro benzene ring substituents is 1. The van der Waals surface area contributed by atoms with Crippen molar-refractivity contribution in [2.24, 2.45) is 0 Å². The third kappa shape index (κ3) is 4.58. The average Bonchev–Trinajstić information content (AvgIpc) is 2.52. The largest absolute Gasteiger partial charge is 0.337 e. The highest BCUT2D eigenvalue weighted by molar-refractivity contribution is 6.32. The molecule has 0 aromatic heterocycles. The fourth-order valence-electron chi connectivity index (χ4n) is 1.71. The molecular weight excluding hydrogens is 359 g/mol. The quantitative estimate of drug-likeness (QED) is 0.569. The maximum Gasteiger partial charge on any atom is 0.337 e. The van der Waals surface area contributed by atoms with E-state index in [2.05, 4.69) is 16.2 Å². The summed E-state index contributed by atoms with van der Waals surface area (Å²) in [6, 6.07) is 9.22. The summed E-state index contributed by atoms with van der Waals surface area (Å²) < 4.78 is 0. The Kier molecular flexibility index (Phi) is 5.56. The van der Waals surface area contributed by atoms with Crippen LogP contribution in [0.1, 0.15) is 10.4 Å². The number of amides is 3. The molecule has 0 bridgehead atoms. The van der Waals surface area contributed by atoms with Gasteiger partial charge >= 0.3 is 6.03 Å². The van der Waals surface area contributed by atoms with Crippen molar-refractivity contribution in [1.82, 2.24) is 10.9 Å². The zero-order valence-electron chi connectivity index (χ0n) is 11.9. The average molecular weight is 369 g/mol. The molecule has 0 unspecified atom stereocenters. The van der Waals surface area contributed by atoms with Crippen molar-refractivity contribution < 1.29 is 14.5 Å². The second-order valence-electron chi connectivity index (χ2n) is 4.47. The predicted molar refractivity (Wildman–Crippen MR) is 89.2 cm³/mol. The summed E-state index contributed by atoms with van der Waals surface area (Å²) in [7, 11) is 0. The lowest BCUT2D eigenvalue weighted by atomic mass is 10.2. The van der Waals surface area contributed by atoms with Crippen LogP contribution in [-0.4, -0.2) is 16.9 Å². The van der Waals surface area contributed by atoms with Gasteiger partial charge in [-0.05, 0) is 30.3 Å². The maximum atomic E-state index is 11.9. The van der Waals surface area contributed by atoms with E-state index in [4.69, 9.17) is 23.2 Å².